The Morgan fingerprint density at radius 2 is 1.96 bits per heavy atom. The van der Waals surface area contributed by atoms with Gasteiger partial charge in [0.1, 0.15) is 5.69 Å². The van der Waals surface area contributed by atoms with Crippen LogP contribution in [0.2, 0.25) is 0 Å². The van der Waals surface area contributed by atoms with Crippen LogP contribution in [0.3, 0.4) is 0 Å². The number of primary amides is 1. The predicted molar refractivity (Wildman–Crippen MR) is 101 cm³/mol. The Morgan fingerprint density at radius 1 is 1.25 bits per heavy atom. The molecule has 2 rings (SSSR count). The number of hydrogen-bond acceptors (Lipinski definition) is 3. The summed E-state index contributed by atoms with van der Waals surface area (Å²) in [6.07, 6.45) is 4.99. The molecule has 0 radical (unpaired) electrons. The van der Waals surface area contributed by atoms with Crippen LogP contribution in [-0.4, -0.2) is 20.8 Å². The molecule has 0 aliphatic rings. The second-order valence-electron chi connectivity index (χ2n) is 5.47. The summed E-state index contributed by atoms with van der Waals surface area (Å²) >= 11 is 5.30. The van der Waals surface area contributed by atoms with E-state index in [1.807, 2.05) is 19.1 Å². The van der Waals surface area contributed by atoms with Crippen LogP contribution in [-0.2, 0) is 13.0 Å². The lowest BCUT2D eigenvalue weighted by Crippen LogP contribution is -2.23. The van der Waals surface area contributed by atoms with E-state index in [1.165, 1.54) is 23.1 Å². The van der Waals surface area contributed by atoms with Gasteiger partial charge in [-0.2, -0.15) is 5.10 Å². The van der Waals surface area contributed by atoms with Crippen LogP contribution in [0.25, 0.3) is 0 Å². The number of anilines is 2. The van der Waals surface area contributed by atoms with Gasteiger partial charge in [0, 0.05) is 12.2 Å². The molecule has 0 unspecified atom stereocenters. The monoisotopic (exact) mass is 345 g/mol. The standard InChI is InChI=1S/C17H23N5OS/c1-3-5-6-12-7-9-13(10-8-12)20-17(24)21-14-11-19-22(4-2)15(14)16(18)23/h7-11H,3-6H2,1-2H3,(H2,18,23)(H2,20,21,24). The van der Waals surface area contributed by atoms with Crippen molar-refractivity contribution in [2.45, 2.75) is 39.7 Å². The lowest BCUT2D eigenvalue weighted by atomic mass is 10.1. The Labute approximate surface area is 147 Å². The smallest absolute Gasteiger partial charge is 0.269 e. The predicted octanol–water partition coefficient (Wildman–Crippen LogP) is 3.15. The summed E-state index contributed by atoms with van der Waals surface area (Å²) in [6.45, 7) is 4.63. The highest BCUT2D eigenvalue weighted by molar-refractivity contribution is 7.80. The molecule has 24 heavy (non-hydrogen) atoms. The second kappa shape index (κ2) is 8.44. The SMILES string of the molecule is CCCCc1ccc(NC(=S)Nc2cnn(CC)c2C(N)=O)cc1. The van der Waals surface area contributed by atoms with E-state index in [9.17, 15) is 4.79 Å². The molecule has 0 fully saturated rings. The number of nitrogens with two attached hydrogens (primary N) is 1. The molecule has 4 N–H and O–H groups in total. The average molecular weight is 345 g/mol. The molecule has 1 amide bonds. The Bertz CT molecular complexity index is 708. The van der Waals surface area contributed by atoms with Crippen molar-refractivity contribution < 1.29 is 4.79 Å². The maximum absolute atomic E-state index is 11.6. The summed E-state index contributed by atoms with van der Waals surface area (Å²) in [4.78, 5) is 11.6. The lowest BCUT2D eigenvalue weighted by Gasteiger charge is -2.11. The minimum atomic E-state index is -0.542. The number of nitrogens with one attached hydrogen (secondary N) is 2. The third kappa shape index (κ3) is 4.55. The molecule has 1 aromatic carbocycles. The van der Waals surface area contributed by atoms with Gasteiger partial charge in [-0.3, -0.25) is 9.48 Å². The van der Waals surface area contributed by atoms with E-state index in [-0.39, 0.29) is 0 Å². The summed E-state index contributed by atoms with van der Waals surface area (Å²) in [7, 11) is 0. The highest BCUT2D eigenvalue weighted by Gasteiger charge is 2.16. The first-order chi connectivity index (χ1) is 11.5. The van der Waals surface area contributed by atoms with Crippen molar-refractivity contribution in [1.29, 1.82) is 0 Å². The average Bonchev–Trinajstić information content (AvgIpc) is 2.97. The quantitative estimate of drug-likeness (QED) is 0.671. The van der Waals surface area contributed by atoms with E-state index in [0.717, 1.165) is 12.1 Å². The zero-order chi connectivity index (χ0) is 17.5. The third-order valence-corrected chi connectivity index (χ3v) is 3.86. The van der Waals surface area contributed by atoms with Crippen molar-refractivity contribution in [3.63, 3.8) is 0 Å². The first kappa shape index (κ1) is 17.9. The van der Waals surface area contributed by atoms with Crippen LogP contribution >= 0.6 is 12.2 Å². The van der Waals surface area contributed by atoms with E-state index in [2.05, 4.69) is 34.8 Å². The van der Waals surface area contributed by atoms with Gasteiger partial charge >= 0.3 is 0 Å². The molecule has 6 nitrogen and oxygen atoms in total. The van der Waals surface area contributed by atoms with E-state index >= 15 is 0 Å². The van der Waals surface area contributed by atoms with Gasteiger partial charge < -0.3 is 16.4 Å². The topological polar surface area (TPSA) is 85.0 Å². The molecule has 0 saturated heterocycles. The summed E-state index contributed by atoms with van der Waals surface area (Å²) < 4.78 is 1.54. The number of thiocarbonyl (C=S) groups is 1. The molecule has 0 bridgehead atoms. The van der Waals surface area contributed by atoms with Gasteiger partial charge in [0.05, 0.1) is 11.9 Å². The van der Waals surface area contributed by atoms with Gasteiger partial charge in [-0.15, -0.1) is 0 Å². The molecule has 0 aliphatic carbocycles. The number of carbonyl (C=O) groups excluding carboxylic acids is 1. The van der Waals surface area contributed by atoms with E-state index in [1.54, 1.807) is 6.20 Å². The number of unbranched alkanes of at least 4 members (excludes halogenated alkanes) is 1. The summed E-state index contributed by atoms with van der Waals surface area (Å²) in [5.41, 5.74) is 8.43. The highest BCUT2D eigenvalue weighted by Crippen LogP contribution is 2.16. The van der Waals surface area contributed by atoms with Gasteiger partial charge in [0.25, 0.3) is 5.91 Å². The summed E-state index contributed by atoms with van der Waals surface area (Å²) in [5, 5.41) is 10.6. The van der Waals surface area contributed by atoms with Gasteiger partial charge in [-0.25, -0.2) is 0 Å². The fourth-order valence-electron chi connectivity index (χ4n) is 2.40. The number of aromatic nitrogens is 2. The zero-order valence-corrected chi connectivity index (χ0v) is 14.8. The van der Waals surface area contributed by atoms with Gasteiger partial charge in [0.15, 0.2) is 5.11 Å². The van der Waals surface area contributed by atoms with Crippen molar-refractivity contribution in [3.8, 4) is 0 Å². The number of rotatable bonds is 7. The second-order valence-corrected chi connectivity index (χ2v) is 5.87. The first-order valence-corrected chi connectivity index (χ1v) is 8.48. The van der Waals surface area contributed by atoms with Crippen molar-refractivity contribution >= 4 is 34.6 Å². The molecule has 128 valence electrons. The molecule has 0 atom stereocenters. The van der Waals surface area contributed by atoms with Crippen LogP contribution in [0.4, 0.5) is 11.4 Å². The number of aryl methyl sites for hydroxylation is 2. The van der Waals surface area contributed by atoms with E-state index < -0.39 is 5.91 Å². The molecule has 2 aromatic rings. The third-order valence-electron chi connectivity index (χ3n) is 3.65. The number of hydrogen-bond donors (Lipinski definition) is 3. The summed E-state index contributed by atoms with van der Waals surface area (Å²) in [6, 6.07) is 8.15. The van der Waals surface area contributed by atoms with Crippen LogP contribution < -0.4 is 16.4 Å². The van der Waals surface area contributed by atoms with Crippen molar-refractivity contribution in [2.75, 3.05) is 10.6 Å². The zero-order valence-electron chi connectivity index (χ0n) is 14.0. The van der Waals surface area contributed by atoms with Crippen LogP contribution in [0.1, 0.15) is 42.7 Å². The fraction of sp³-hybridized carbons (Fsp3) is 0.353. The molecule has 7 heteroatoms. The van der Waals surface area contributed by atoms with E-state index in [4.69, 9.17) is 18.0 Å². The van der Waals surface area contributed by atoms with Gasteiger partial charge in [0.2, 0.25) is 0 Å². The Morgan fingerprint density at radius 3 is 2.54 bits per heavy atom. The normalized spacial score (nSPS) is 10.4. The van der Waals surface area contributed by atoms with Crippen LogP contribution in [0.5, 0.6) is 0 Å². The lowest BCUT2D eigenvalue weighted by molar-refractivity contribution is 0.0991. The largest absolute Gasteiger partial charge is 0.364 e. The number of benzene rings is 1. The highest BCUT2D eigenvalue weighted by atomic mass is 32.1. The molecule has 1 heterocycles. The molecule has 0 saturated carbocycles. The molecular formula is C17H23N5OS. The Balaban J connectivity index is 2.01. The minimum Gasteiger partial charge on any atom is -0.364 e. The Kier molecular flexibility index (Phi) is 6.31. The van der Waals surface area contributed by atoms with Crippen molar-refractivity contribution in [3.05, 3.63) is 41.7 Å². The molecule has 0 spiro atoms. The van der Waals surface area contributed by atoms with Gasteiger partial charge in [-0.1, -0.05) is 25.5 Å². The number of nitrogens with zero attached hydrogens (tertiary/aromatic N) is 2. The maximum atomic E-state index is 11.6. The van der Waals surface area contributed by atoms with Gasteiger partial charge in [-0.05, 0) is 49.7 Å². The fourth-order valence-corrected chi connectivity index (χ4v) is 2.62. The summed E-state index contributed by atoms with van der Waals surface area (Å²) in [5.74, 6) is -0.542. The van der Waals surface area contributed by atoms with Crippen LogP contribution in [0, 0.1) is 0 Å². The van der Waals surface area contributed by atoms with E-state index in [0.29, 0.717) is 23.0 Å². The first-order valence-electron chi connectivity index (χ1n) is 8.07. The minimum absolute atomic E-state index is 0.316. The van der Waals surface area contributed by atoms with Crippen molar-refractivity contribution in [1.82, 2.24) is 9.78 Å². The molecule has 0 aliphatic heterocycles. The molecular weight excluding hydrogens is 322 g/mol. The van der Waals surface area contributed by atoms with Crippen LogP contribution in [0.15, 0.2) is 30.5 Å². The Hall–Kier alpha value is -2.41. The molecule has 1 aromatic heterocycles. The number of carbonyl (C=O) groups is 1. The maximum Gasteiger partial charge on any atom is 0.269 e. The van der Waals surface area contributed by atoms with Crippen molar-refractivity contribution in [2.24, 2.45) is 5.73 Å². The number of amides is 1.